The highest BCUT2D eigenvalue weighted by atomic mass is 16.6. The first-order valence-corrected chi connectivity index (χ1v) is 13.6. The molecule has 1 aliphatic rings. The van der Waals surface area contributed by atoms with E-state index in [-0.39, 0.29) is 0 Å². The Bertz CT molecular complexity index is 826. The number of rotatable bonds is 6. The lowest BCUT2D eigenvalue weighted by Gasteiger charge is -2.18. The van der Waals surface area contributed by atoms with E-state index in [9.17, 15) is 0 Å². The zero-order chi connectivity index (χ0) is 25.6. The molecule has 2 aromatic rings. The fourth-order valence-electron chi connectivity index (χ4n) is 4.37. The van der Waals surface area contributed by atoms with E-state index < -0.39 is 0 Å². The lowest BCUT2D eigenvalue weighted by atomic mass is 9.96. The summed E-state index contributed by atoms with van der Waals surface area (Å²) in [5, 5.41) is 0. The molecule has 0 saturated carbocycles. The second-order valence-corrected chi connectivity index (χ2v) is 9.41. The normalized spacial score (nSPS) is 17.4. The molecule has 0 radical (unpaired) electrons. The molecule has 0 unspecified atom stereocenters. The Labute approximate surface area is 217 Å². The molecule has 0 aromatic heterocycles. The lowest BCUT2D eigenvalue weighted by Crippen LogP contribution is -2.15. The van der Waals surface area contributed by atoms with Gasteiger partial charge in [-0.15, -0.1) is 0 Å². The second-order valence-electron chi connectivity index (χ2n) is 9.41. The standard InChI is InChI=1S/C30H44O6/c1-5-7-23(3)25-9-11-27-29(21-25)35-19-15-31-14-18-34-28-12-10-26(24(4)8-6-2)22-30(28)36-20-16-32-13-17-33-27/h9-12,21-24H,5-8,13-20H2,1-4H3/t23-,24-/m1/s1. The third kappa shape index (κ3) is 8.90. The summed E-state index contributed by atoms with van der Waals surface area (Å²) in [5.74, 6) is 3.91. The summed E-state index contributed by atoms with van der Waals surface area (Å²) in [7, 11) is 0. The van der Waals surface area contributed by atoms with E-state index in [4.69, 9.17) is 28.4 Å². The minimum atomic E-state index is 0.440. The summed E-state index contributed by atoms with van der Waals surface area (Å²) in [4.78, 5) is 0. The Morgan fingerprint density at radius 3 is 1.25 bits per heavy atom. The lowest BCUT2D eigenvalue weighted by molar-refractivity contribution is 0.0639. The van der Waals surface area contributed by atoms with Gasteiger partial charge in [-0.25, -0.2) is 0 Å². The topological polar surface area (TPSA) is 55.4 Å². The maximum Gasteiger partial charge on any atom is 0.161 e. The molecule has 200 valence electrons. The first-order valence-electron chi connectivity index (χ1n) is 13.6. The van der Waals surface area contributed by atoms with E-state index >= 15 is 0 Å². The Hall–Kier alpha value is -2.44. The van der Waals surface area contributed by atoms with E-state index in [1.807, 2.05) is 12.1 Å². The van der Waals surface area contributed by atoms with E-state index in [0.717, 1.165) is 48.7 Å². The molecule has 1 heterocycles. The molecule has 2 aromatic carbocycles. The largest absolute Gasteiger partial charge is 0.487 e. The van der Waals surface area contributed by atoms with Crippen LogP contribution in [0.5, 0.6) is 23.0 Å². The van der Waals surface area contributed by atoms with Gasteiger partial charge in [-0.1, -0.05) is 52.7 Å². The van der Waals surface area contributed by atoms with Gasteiger partial charge in [0.2, 0.25) is 0 Å². The Kier molecular flexibility index (Phi) is 12.2. The molecular formula is C30H44O6. The maximum absolute atomic E-state index is 6.06. The van der Waals surface area contributed by atoms with Gasteiger partial charge in [0, 0.05) is 0 Å². The van der Waals surface area contributed by atoms with Crippen molar-refractivity contribution in [2.45, 2.75) is 65.2 Å². The van der Waals surface area contributed by atoms with Gasteiger partial charge in [0.15, 0.2) is 23.0 Å². The summed E-state index contributed by atoms with van der Waals surface area (Å²) in [5.41, 5.74) is 2.52. The molecule has 0 fully saturated rings. The van der Waals surface area contributed by atoms with Crippen LogP contribution in [-0.4, -0.2) is 52.9 Å². The predicted molar refractivity (Wildman–Crippen MR) is 143 cm³/mol. The Morgan fingerprint density at radius 1 is 0.528 bits per heavy atom. The fourth-order valence-corrected chi connectivity index (χ4v) is 4.37. The average Bonchev–Trinajstić information content (AvgIpc) is 2.88. The Morgan fingerprint density at radius 2 is 0.889 bits per heavy atom. The van der Waals surface area contributed by atoms with Gasteiger partial charge in [-0.2, -0.15) is 0 Å². The van der Waals surface area contributed by atoms with Gasteiger partial charge in [0.25, 0.3) is 0 Å². The quantitative estimate of drug-likeness (QED) is 0.437. The predicted octanol–water partition coefficient (Wildman–Crippen LogP) is 6.76. The fraction of sp³-hybridized carbons (Fsp3) is 0.600. The molecule has 0 aliphatic carbocycles. The van der Waals surface area contributed by atoms with Gasteiger partial charge in [-0.05, 0) is 60.1 Å². The van der Waals surface area contributed by atoms with Gasteiger partial charge < -0.3 is 28.4 Å². The van der Waals surface area contributed by atoms with Crippen molar-refractivity contribution >= 4 is 0 Å². The number of fused-ring (bicyclic) bond motifs is 2. The van der Waals surface area contributed by atoms with Gasteiger partial charge in [-0.3, -0.25) is 0 Å². The van der Waals surface area contributed by atoms with Crippen LogP contribution in [0, 0.1) is 0 Å². The van der Waals surface area contributed by atoms with Crippen molar-refractivity contribution in [1.82, 2.24) is 0 Å². The van der Waals surface area contributed by atoms with Crippen LogP contribution in [-0.2, 0) is 9.47 Å². The summed E-state index contributed by atoms with van der Waals surface area (Å²) in [6, 6.07) is 12.5. The van der Waals surface area contributed by atoms with Crippen molar-refractivity contribution in [1.29, 1.82) is 0 Å². The van der Waals surface area contributed by atoms with E-state index in [2.05, 4.69) is 52.0 Å². The van der Waals surface area contributed by atoms with Crippen molar-refractivity contribution in [2.75, 3.05) is 52.9 Å². The third-order valence-corrected chi connectivity index (χ3v) is 6.46. The van der Waals surface area contributed by atoms with Crippen LogP contribution < -0.4 is 18.9 Å². The summed E-state index contributed by atoms with van der Waals surface area (Å²) < 4.78 is 35.7. The van der Waals surface area contributed by atoms with Crippen LogP contribution in [0.15, 0.2) is 36.4 Å². The minimum absolute atomic E-state index is 0.440. The monoisotopic (exact) mass is 500 g/mol. The highest BCUT2D eigenvalue weighted by Gasteiger charge is 2.13. The maximum atomic E-state index is 6.06. The molecule has 6 nitrogen and oxygen atoms in total. The molecule has 3 rings (SSSR count). The summed E-state index contributed by atoms with van der Waals surface area (Å²) in [6.45, 7) is 12.6. The number of ether oxygens (including phenoxy) is 6. The highest BCUT2D eigenvalue weighted by Crippen LogP contribution is 2.34. The zero-order valence-electron chi connectivity index (χ0n) is 22.6. The van der Waals surface area contributed by atoms with Crippen molar-refractivity contribution < 1.29 is 28.4 Å². The molecule has 36 heavy (non-hydrogen) atoms. The molecule has 0 bridgehead atoms. The van der Waals surface area contributed by atoms with Crippen LogP contribution >= 0.6 is 0 Å². The van der Waals surface area contributed by atoms with E-state index in [0.29, 0.717) is 64.7 Å². The first kappa shape index (κ1) is 28.1. The summed E-state index contributed by atoms with van der Waals surface area (Å²) in [6.07, 6.45) is 4.58. The molecule has 6 heteroatoms. The molecule has 2 atom stereocenters. The zero-order valence-corrected chi connectivity index (χ0v) is 22.6. The minimum Gasteiger partial charge on any atom is -0.487 e. The smallest absolute Gasteiger partial charge is 0.161 e. The first-order chi connectivity index (χ1) is 17.6. The third-order valence-electron chi connectivity index (χ3n) is 6.46. The molecule has 1 aliphatic heterocycles. The van der Waals surface area contributed by atoms with Crippen LogP contribution in [0.3, 0.4) is 0 Å². The van der Waals surface area contributed by atoms with Crippen molar-refractivity contribution in [3.8, 4) is 23.0 Å². The van der Waals surface area contributed by atoms with Crippen molar-refractivity contribution in [2.24, 2.45) is 0 Å². The van der Waals surface area contributed by atoms with Crippen molar-refractivity contribution in [3.63, 3.8) is 0 Å². The average molecular weight is 501 g/mol. The van der Waals surface area contributed by atoms with E-state index in [1.165, 1.54) is 11.1 Å². The van der Waals surface area contributed by atoms with E-state index in [1.54, 1.807) is 0 Å². The van der Waals surface area contributed by atoms with Gasteiger partial charge >= 0.3 is 0 Å². The van der Waals surface area contributed by atoms with Gasteiger partial charge in [0.1, 0.15) is 26.4 Å². The highest BCUT2D eigenvalue weighted by molar-refractivity contribution is 5.45. The summed E-state index contributed by atoms with van der Waals surface area (Å²) >= 11 is 0. The number of hydrogen-bond acceptors (Lipinski definition) is 6. The molecule has 0 saturated heterocycles. The molecule has 0 N–H and O–H groups in total. The van der Waals surface area contributed by atoms with Crippen LogP contribution in [0.25, 0.3) is 0 Å². The van der Waals surface area contributed by atoms with Crippen molar-refractivity contribution in [3.05, 3.63) is 47.5 Å². The molecular weight excluding hydrogens is 456 g/mol. The van der Waals surface area contributed by atoms with Crippen LogP contribution in [0.4, 0.5) is 0 Å². The van der Waals surface area contributed by atoms with Crippen LogP contribution in [0.1, 0.15) is 76.3 Å². The molecule has 0 amide bonds. The number of hydrogen-bond donors (Lipinski definition) is 0. The SMILES string of the molecule is CCC[C@@H](C)c1ccc2c(c1)OCCOCCOc1ccc([C@H](C)CCC)cc1OCCOCCO2. The number of benzene rings is 2. The van der Waals surface area contributed by atoms with Crippen LogP contribution in [0.2, 0.25) is 0 Å². The molecule has 0 spiro atoms. The van der Waals surface area contributed by atoms with Gasteiger partial charge in [0.05, 0.1) is 26.4 Å². The Balaban J connectivity index is 1.63. The second kappa shape index (κ2) is 15.6.